The first-order chi connectivity index (χ1) is 8.02. The Morgan fingerprint density at radius 3 is 2.29 bits per heavy atom. The van der Waals surface area contributed by atoms with Gasteiger partial charge in [-0.3, -0.25) is 0 Å². The Bertz CT molecular complexity index is 335. The molecule has 0 bridgehead atoms. The average Bonchev–Trinajstić information content (AvgIpc) is 2.27. The molecule has 1 atom stereocenters. The number of para-hydroxylation sites is 1. The molecule has 1 rings (SSSR count). The van der Waals surface area contributed by atoms with E-state index in [0.29, 0.717) is 18.6 Å². The predicted molar refractivity (Wildman–Crippen MR) is 79.6 cm³/mol. The van der Waals surface area contributed by atoms with Crippen LogP contribution in [0.2, 0.25) is 0 Å². The molecule has 2 nitrogen and oxygen atoms in total. The molecule has 0 amide bonds. The van der Waals surface area contributed by atoms with E-state index in [2.05, 4.69) is 57.9 Å². The smallest absolute Gasteiger partial charge is 0.147 e. The van der Waals surface area contributed by atoms with Gasteiger partial charge in [0.25, 0.3) is 0 Å². The van der Waals surface area contributed by atoms with E-state index < -0.39 is 0 Å². The van der Waals surface area contributed by atoms with Crippen LogP contribution in [0.4, 0.5) is 0 Å². The van der Waals surface area contributed by atoms with Crippen molar-refractivity contribution in [1.29, 1.82) is 0 Å². The third-order valence-electron chi connectivity index (χ3n) is 2.73. The fourth-order valence-corrected chi connectivity index (χ4v) is 2.52. The number of ether oxygens (including phenoxy) is 1. The zero-order chi connectivity index (χ0) is 12.8. The van der Waals surface area contributed by atoms with Gasteiger partial charge in [0.05, 0.1) is 8.95 Å². The molecule has 0 saturated carbocycles. The fourth-order valence-electron chi connectivity index (χ4n) is 1.30. The fraction of sp³-hybridized carbons (Fsp3) is 0.538. The minimum Gasteiger partial charge on any atom is -0.490 e. The van der Waals surface area contributed by atoms with E-state index in [-0.39, 0.29) is 0 Å². The SMILES string of the molecule is CC(C)C(C)NCCOc1c(Br)cccc1Br. The molecule has 96 valence electrons. The second kappa shape index (κ2) is 7.39. The molecule has 1 N–H and O–H groups in total. The summed E-state index contributed by atoms with van der Waals surface area (Å²) in [5, 5.41) is 3.44. The summed E-state index contributed by atoms with van der Waals surface area (Å²) in [6, 6.07) is 6.44. The molecule has 0 aliphatic rings. The summed E-state index contributed by atoms with van der Waals surface area (Å²) in [6.45, 7) is 8.14. The summed E-state index contributed by atoms with van der Waals surface area (Å²) in [5.41, 5.74) is 0. The van der Waals surface area contributed by atoms with Crippen molar-refractivity contribution in [2.75, 3.05) is 13.2 Å². The molecule has 0 saturated heterocycles. The van der Waals surface area contributed by atoms with Gasteiger partial charge in [-0.2, -0.15) is 0 Å². The van der Waals surface area contributed by atoms with Crippen LogP contribution >= 0.6 is 31.9 Å². The molecule has 0 heterocycles. The normalized spacial score (nSPS) is 12.8. The van der Waals surface area contributed by atoms with Crippen molar-refractivity contribution in [2.24, 2.45) is 5.92 Å². The Morgan fingerprint density at radius 2 is 1.76 bits per heavy atom. The van der Waals surface area contributed by atoms with Crippen molar-refractivity contribution in [3.8, 4) is 5.75 Å². The molecule has 4 heteroatoms. The predicted octanol–water partition coefficient (Wildman–Crippen LogP) is 4.22. The van der Waals surface area contributed by atoms with E-state index in [0.717, 1.165) is 21.2 Å². The van der Waals surface area contributed by atoms with Crippen LogP contribution < -0.4 is 10.1 Å². The number of halogens is 2. The summed E-state index contributed by atoms with van der Waals surface area (Å²) < 4.78 is 7.69. The lowest BCUT2D eigenvalue weighted by atomic mass is 10.1. The first-order valence-corrected chi connectivity index (χ1v) is 7.41. The van der Waals surface area contributed by atoms with Gasteiger partial charge in [-0.15, -0.1) is 0 Å². The molecular weight excluding hydrogens is 346 g/mol. The van der Waals surface area contributed by atoms with E-state index in [9.17, 15) is 0 Å². The number of hydrogen-bond acceptors (Lipinski definition) is 2. The summed E-state index contributed by atoms with van der Waals surface area (Å²) in [4.78, 5) is 0. The Labute approximate surface area is 120 Å². The maximum atomic E-state index is 5.74. The highest BCUT2D eigenvalue weighted by molar-refractivity contribution is 9.11. The lowest BCUT2D eigenvalue weighted by molar-refractivity contribution is 0.294. The van der Waals surface area contributed by atoms with Crippen molar-refractivity contribution in [1.82, 2.24) is 5.32 Å². The first-order valence-electron chi connectivity index (χ1n) is 5.82. The third kappa shape index (κ3) is 4.98. The van der Waals surface area contributed by atoms with Gasteiger partial charge < -0.3 is 10.1 Å². The highest BCUT2D eigenvalue weighted by atomic mass is 79.9. The molecule has 0 aromatic heterocycles. The van der Waals surface area contributed by atoms with E-state index in [1.54, 1.807) is 0 Å². The minimum absolute atomic E-state index is 0.515. The molecule has 1 aromatic rings. The molecule has 0 fully saturated rings. The Hall–Kier alpha value is -0.0600. The van der Waals surface area contributed by atoms with E-state index in [1.807, 2.05) is 18.2 Å². The second-order valence-corrected chi connectivity index (χ2v) is 6.09. The standard InChI is InChI=1S/C13H19Br2NO/c1-9(2)10(3)16-7-8-17-13-11(14)5-4-6-12(13)15/h4-6,9-10,16H,7-8H2,1-3H3. The first kappa shape index (κ1) is 15.0. The number of rotatable bonds is 6. The summed E-state index contributed by atoms with van der Waals surface area (Å²) in [6.07, 6.45) is 0. The largest absolute Gasteiger partial charge is 0.490 e. The van der Waals surface area contributed by atoms with Gasteiger partial charge >= 0.3 is 0 Å². The summed E-state index contributed by atoms with van der Waals surface area (Å²) in [7, 11) is 0. The molecule has 0 aliphatic heterocycles. The molecule has 1 aromatic carbocycles. The van der Waals surface area contributed by atoms with Crippen LogP contribution in [0.1, 0.15) is 20.8 Å². The summed E-state index contributed by atoms with van der Waals surface area (Å²) in [5.74, 6) is 1.51. The molecule has 0 radical (unpaired) electrons. The number of hydrogen-bond donors (Lipinski definition) is 1. The lowest BCUT2D eigenvalue weighted by Gasteiger charge is -2.18. The number of benzene rings is 1. The zero-order valence-electron chi connectivity index (χ0n) is 10.5. The third-order valence-corrected chi connectivity index (χ3v) is 3.98. The minimum atomic E-state index is 0.515. The molecular formula is C13H19Br2NO. The Kier molecular flexibility index (Phi) is 6.52. The Balaban J connectivity index is 2.36. The monoisotopic (exact) mass is 363 g/mol. The quantitative estimate of drug-likeness (QED) is 0.763. The van der Waals surface area contributed by atoms with Crippen molar-refractivity contribution in [3.05, 3.63) is 27.1 Å². The highest BCUT2D eigenvalue weighted by Crippen LogP contribution is 2.32. The van der Waals surface area contributed by atoms with Crippen LogP contribution in [-0.2, 0) is 0 Å². The highest BCUT2D eigenvalue weighted by Gasteiger charge is 2.07. The van der Waals surface area contributed by atoms with Gasteiger partial charge in [0.1, 0.15) is 12.4 Å². The van der Waals surface area contributed by atoms with Gasteiger partial charge in [0, 0.05) is 12.6 Å². The van der Waals surface area contributed by atoms with Gasteiger partial charge in [0.2, 0.25) is 0 Å². The van der Waals surface area contributed by atoms with E-state index >= 15 is 0 Å². The zero-order valence-corrected chi connectivity index (χ0v) is 13.6. The van der Waals surface area contributed by atoms with Crippen LogP contribution in [0, 0.1) is 5.92 Å². The van der Waals surface area contributed by atoms with Crippen molar-refractivity contribution < 1.29 is 4.74 Å². The van der Waals surface area contributed by atoms with Crippen LogP contribution in [0.15, 0.2) is 27.1 Å². The second-order valence-electron chi connectivity index (χ2n) is 4.39. The topological polar surface area (TPSA) is 21.3 Å². The van der Waals surface area contributed by atoms with Crippen LogP contribution in [-0.4, -0.2) is 19.2 Å². The lowest BCUT2D eigenvalue weighted by Crippen LogP contribution is -2.33. The van der Waals surface area contributed by atoms with Crippen molar-refractivity contribution in [2.45, 2.75) is 26.8 Å². The molecule has 0 aliphatic carbocycles. The Morgan fingerprint density at radius 1 is 1.18 bits per heavy atom. The maximum absolute atomic E-state index is 5.74. The van der Waals surface area contributed by atoms with Crippen LogP contribution in [0.5, 0.6) is 5.75 Å². The average molecular weight is 365 g/mol. The van der Waals surface area contributed by atoms with E-state index in [4.69, 9.17) is 4.74 Å². The van der Waals surface area contributed by atoms with Crippen LogP contribution in [0.3, 0.4) is 0 Å². The van der Waals surface area contributed by atoms with Gasteiger partial charge in [0.15, 0.2) is 0 Å². The van der Waals surface area contributed by atoms with Crippen LogP contribution in [0.25, 0.3) is 0 Å². The molecule has 1 unspecified atom stereocenters. The van der Waals surface area contributed by atoms with Crippen molar-refractivity contribution >= 4 is 31.9 Å². The van der Waals surface area contributed by atoms with Gasteiger partial charge in [-0.05, 0) is 56.8 Å². The summed E-state index contributed by atoms with van der Waals surface area (Å²) >= 11 is 6.95. The molecule has 17 heavy (non-hydrogen) atoms. The number of nitrogens with one attached hydrogen (secondary N) is 1. The van der Waals surface area contributed by atoms with E-state index in [1.165, 1.54) is 0 Å². The molecule has 0 spiro atoms. The van der Waals surface area contributed by atoms with Gasteiger partial charge in [-0.1, -0.05) is 19.9 Å². The van der Waals surface area contributed by atoms with Gasteiger partial charge in [-0.25, -0.2) is 0 Å². The maximum Gasteiger partial charge on any atom is 0.147 e. The van der Waals surface area contributed by atoms with Crippen molar-refractivity contribution in [3.63, 3.8) is 0 Å².